The lowest BCUT2D eigenvalue weighted by Gasteiger charge is -2.49. The number of aliphatic hydroxyl groups is 10. The fourth-order valence-corrected chi connectivity index (χ4v) is 14.6. The van der Waals surface area contributed by atoms with E-state index in [-0.39, 0.29) is 19.3 Å². The fraction of sp³-hybridized carbons (Fsp3) is 0.961. The van der Waals surface area contributed by atoms with Gasteiger partial charge in [0.05, 0.1) is 13.2 Å². The van der Waals surface area contributed by atoms with Crippen molar-refractivity contribution in [1.29, 1.82) is 0 Å². The molecular formula is C76H143O24P. The summed E-state index contributed by atoms with van der Waals surface area (Å²) in [6, 6.07) is 0. The maximum Gasteiger partial charge on any atom is 0.472 e. The zero-order valence-electron chi connectivity index (χ0n) is 62.6. The van der Waals surface area contributed by atoms with Gasteiger partial charge in [-0.05, 0) is 25.2 Å². The first-order valence-corrected chi connectivity index (χ1v) is 41.7. The summed E-state index contributed by atoms with van der Waals surface area (Å²) in [5.74, 6) is -1.27. The molecule has 24 nitrogen and oxygen atoms in total. The van der Waals surface area contributed by atoms with Gasteiger partial charge in [0.2, 0.25) is 0 Å². The highest BCUT2D eigenvalue weighted by Crippen LogP contribution is 2.49. The number of esters is 3. The van der Waals surface area contributed by atoms with E-state index >= 15 is 0 Å². The van der Waals surface area contributed by atoms with Gasteiger partial charge in [0.25, 0.3) is 0 Å². The summed E-state index contributed by atoms with van der Waals surface area (Å²) in [6.45, 7) is 5.82. The van der Waals surface area contributed by atoms with Gasteiger partial charge in [-0.15, -0.1) is 0 Å². The Hall–Kier alpha value is -2.04. The molecule has 3 fully saturated rings. The lowest BCUT2D eigenvalue weighted by molar-refractivity contribution is -0.360. The van der Waals surface area contributed by atoms with Crippen LogP contribution in [0.15, 0.2) is 0 Å². The van der Waals surface area contributed by atoms with Gasteiger partial charge >= 0.3 is 25.7 Å². The minimum absolute atomic E-state index is 0.0311. The van der Waals surface area contributed by atoms with E-state index in [9.17, 15) is 74.9 Å². The van der Waals surface area contributed by atoms with Gasteiger partial charge in [-0.2, -0.15) is 0 Å². The van der Waals surface area contributed by atoms with Crippen molar-refractivity contribution in [3.05, 3.63) is 0 Å². The number of hydrogen-bond donors (Lipinski definition) is 11. The van der Waals surface area contributed by atoms with Gasteiger partial charge in [-0.3, -0.25) is 23.4 Å². The van der Waals surface area contributed by atoms with Crippen LogP contribution in [0.2, 0.25) is 0 Å². The Morgan fingerprint density at radius 2 is 0.693 bits per heavy atom. The van der Waals surface area contributed by atoms with Crippen molar-refractivity contribution < 1.29 is 117 Å². The number of carbonyl (C=O) groups is 3. The number of aliphatic hydroxyl groups excluding tert-OH is 10. The van der Waals surface area contributed by atoms with E-state index in [2.05, 4.69) is 27.7 Å². The van der Waals surface area contributed by atoms with Crippen molar-refractivity contribution in [2.75, 3.05) is 26.4 Å². The lowest BCUT2D eigenvalue weighted by atomic mass is 9.84. The Bertz CT molecular complexity index is 2100. The lowest BCUT2D eigenvalue weighted by Crippen LogP contribution is -2.69. The molecule has 1 aliphatic carbocycles. The van der Waals surface area contributed by atoms with Crippen LogP contribution in [0.3, 0.4) is 0 Å². The predicted molar refractivity (Wildman–Crippen MR) is 384 cm³/mol. The molecule has 19 atom stereocenters. The molecule has 11 N–H and O–H groups in total. The largest absolute Gasteiger partial charge is 0.472 e. The molecule has 3 rings (SSSR count). The van der Waals surface area contributed by atoms with Gasteiger partial charge < -0.3 is 89.1 Å². The second-order valence-electron chi connectivity index (χ2n) is 29.4. The van der Waals surface area contributed by atoms with Crippen LogP contribution < -0.4 is 0 Å². The molecule has 3 aliphatic rings. The first kappa shape index (κ1) is 93.2. The number of rotatable bonds is 63. The van der Waals surface area contributed by atoms with Gasteiger partial charge in [0.1, 0.15) is 98.7 Å². The molecule has 0 bridgehead atoms. The predicted octanol–water partition coefficient (Wildman–Crippen LogP) is 12.0. The van der Waals surface area contributed by atoms with Crippen LogP contribution in [0.5, 0.6) is 0 Å². The molecule has 101 heavy (non-hydrogen) atoms. The Balaban J connectivity index is 1.71. The van der Waals surface area contributed by atoms with Crippen LogP contribution in [-0.4, -0.2) is 204 Å². The van der Waals surface area contributed by atoms with E-state index in [1.165, 1.54) is 173 Å². The molecule has 0 amide bonds. The summed E-state index contributed by atoms with van der Waals surface area (Å²) in [5.41, 5.74) is 0. The Labute approximate surface area is 606 Å². The van der Waals surface area contributed by atoms with Gasteiger partial charge in [0, 0.05) is 19.3 Å². The average molecular weight is 1470 g/mol. The highest BCUT2D eigenvalue weighted by molar-refractivity contribution is 7.47. The second-order valence-corrected chi connectivity index (χ2v) is 30.8. The molecule has 0 spiro atoms. The maximum atomic E-state index is 14.4. The SMILES string of the molecule is CCCCCCCCCCCCCCCCCCC(=O)OC(COC(=O)CCCCCCCCCCCCCCCC)COP(=O)(O)OC1C(OC2OC(CO)C(O)C(O)C2O)C(O)C(O)C(O)C1OC1OC(COC(=O)CCCCCCCCC(C)CCCCCCCC)C(O)C(O)C1O. The molecule has 596 valence electrons. The molecule has 25 heteroatoms. The van der Waals surface area contributed by atoms with Crippen LogP contribution in [-0.2, 0) is 61.2 Å². The molecule has 2 saturated heterocycles. The zero-order chi connectivity index (χ0) is 74.1. The fourth-order valence-electron chi connectivity index (χ4n) is 13.7. The monoisotopic (exact) mass is 1470 g/mol. The third-order valence-electron chi connectivity index (χ3n) is 20.3. The molecule has 0 aromatic rings. The van der Waals surface area contributed by atoms with Crippen molar-refractivity contribution in [3.63, 3.8) is 0 Å². The first-order valence-electron chi connectivity index (χ1n) is 40.2. The Kier molecular flexibility index (Phi) is 52.7. The topological polar surface area (TPSA) is 374 Å². The van der Waals surface area contributed by atoms with E-state index in [1.54, 1.807) is 0 Å². The van der Waals surface area contributed by atoms with E-state index < -0.39 is 156 Å². The number of unbranched alkanes of at least 4 members (excludes halogenated alkanes) is 38. The van der Waals surface area contributed by atoms with Crippen LogP contribution in [0.25, 0.3) is 0 Å². The van der Waals surface area contributed by atoms with Gasteiger partial charge in [0.15, 0.2) is 18.7 Å². The number of ether oxygens (including phenoxy) is 7. The van der Waals surface area contributed by atoms with Crippen molar-refractivity contribution in [2.24, 2.45) is 5.92 Å². The standard InChI is InChI=1S/C76H143O24P/c1-5-8-11-14-17-19-21-23-25-26-28-30-32-34-41-46-51-62(80)95-57(53-92-60(78)49-44-39-33-31-29-27-24-22-20-18-15-12-9-6-2)54-94-101(90,91)100-74-72(98-75-70(88)65(83)63(81)58(52-77)96-75)68(86)67(85)69(87)73(74)99-76-71(89)66(84)64(82)59(97-76)55-93-61(79)50-45-40-36-35-38-43-48-56(4)47-42-37-16-13-10-7-3/h56-59,63-77,81-89H,5-55H2,1-4H3,(H,90,91). The average Bonchev–Trinajstić information content (AvgIpc) is 0.764. The molecule has 0 aromatic carbocycles. The summed E-state index contributed by atoms with van der Waals surface area (Å²) in [5, 5.41) is 110. The Morgan fingerprint density at radius 3 is 1.07 bits per heavy atom. The Morgan fingerprint density at radius 1 is 0.376 bits per heavy atom. The summed E-state index contributed by atoms with van der Waals surface area (Å²) < 4.78 is 65.2. The molecule has 19 unspecified atom stereocenters. The first-order chi connectivity index (χ1) is 48.7. The number of hydrogen-bond acceptors (Lipinski definition) is 23. The van der Waals surface area contributed by atoms with Crippen molar-refractivity contribution in [3.8, 4) is 0 Å². The third-order valence-corrected chi connectivity index (χ3v) is 21.3. The molecule has 0 radical (unpaired) electrons. The summed E-state index contributed by atoms with van der Waals surface area (Å²) in [4.78, 5) is 51.2. The quantitative estimate of drug-likeness (QED) is 0.0117. The van der Waals surface area contributed by atoms with Crippen LogP contribution in [0, 0.1) is 5.92 Å². The molecule has 0 aromatic heterocycles. The number of carbonyl (C=O) groups excluding carboxylic acids is 3. The number of phosphoric ester groups is 1. The summed E-state index contributed by atoms with van der Waals surface area (Å²) >= 11 is 0. The smallest absolute Gasteiger partial charge is 0.463 e. The van der Waals surface area contributed by atoms with Crippen molar-refractivity contribution in [2.45, 2.75) is 434 Å². The van der Waals surface area contributed by atoms with Crippen LogP contribution in [0.1, 0.15) is 329 Å². The normalized spacial score (nSPS) is 27.4. The third kappa shape index (κ3) is 40.1. The zero-order valence-corrected chi connectivity index (χ0v) is 63.5. The van der Waals surface area contributed by atoms with Crippen molar-refractivity contribution in [1.82, 2.24) is 0 Å². The van der Waals surface area contributed by atoms with Gasteiger partial charge in [-0.25, -0.2) is 4.57 Å². The summed E-state index contributed by atoms with van der Waals surface area (Å²) in [7, 11) is -5.70. The summed E-state index contributed by atoms with van der Waals surface area (Å²) in [6.07, 6.45) is 14.3. The minimum atomic E-state index is -5.70. The highest BCUT2D eigenvalue weighted by Gasteiger charge is 2.58. The van der Waals surface area contributed by atoms with Gasteiger partial charge in [-0.1, -0.05) is 291 Å². The van der Waals surface area contributed by atoms with E-state index in [4.69, 9.17) is 42.2 Å². The molecular weight excluding hydrogens is 1330 g/mol. The van der Waals surface area contributed by atoms with E-state index in [1.807, 2.05) is 0 Å². The molecule has 2 aliphatic heterocycles. The second kappa shape index (κ2) is 57.1. The minimum Gasteiger partial charge on any atom is -0.463 e. The number of phosphoric acid groups is 1. The maximum absolute atomic E-state index is 14.4. The van der Waals surface area contributed by atoms with Crippen molar-refractivity contribution >= 4 is 25.7 Å². The van der Waals surface area contributed by atoms with Crippen LogP contribution in [0.4, 0.5) is 0 Å². The molecule has 2 heterocycles. The van der Waals surface area contributed by atoms with E-state index in [0.29, 0.717) is 25.2 Å². The van der Waals surface area contributed by atoms with Crippen LogP contribution >= 0.6 is 7.82 Å². The highest BCUT2D eigenvalue weighted by atomic mass is 31.2. The molecule has 1 saturated carbocycles. The van der Waals surface area contributed by atoms with E-state index in [0.717, 1.165) is 89.9 Å².